The van der Waals surface area contributed by atoms with E-state index in [-0.39, 0.29) is 10.8 Å². The number of benzene rings is 2. The van der Waals surface area contributed by atoms with Crippen molar-refractivity contribution in [3.63, 3.8) is 0 Å². The largest absolute Gasteiger partial charge is 0.378 e. The van der Waals surface area contributed by atoms with Gasteiger partial charge in [-0.25, -0.2) is 12.7 Å². The summed E-state index contributed by atoms with van der Waals surface area (Å²) in [7, 11) is -0.654. The number of hydrogen-bond acceptors (Lipinski definition) is 5. The molecule has 0 atom stereocenters. The first-order valence-corrected chi connectivity index (χ1v) is 10.5. The summed E-state index contributed by atoms with van der Waals surface area (Å²) in [6, 6.07) is 14.1. The molecule has 1 heterocycles. The van der Waals surface area contributed by atoms with E-state index in [1.54, 1.807) is 12.1 Å². The molecule has 1 fully saturated rings. The smallest absolute Gasteiger partial charge is 0.251 e. The Hall–Kier alpha value is -2.42. The van der Waals surface area contributed by atoms with Gasteiger partial charge in [-0.2, -0.15) is 0 Å². The predicted octanol–water partition coefficient (Wildman–Crippen LogP) is 1.70. The number of nitrogens with one attached hydrogen (secondary N) is 1. The first-order chi connectivity index (χ1) is 13.4. The molecular weight excluding hydrogens is 378 g/mol. The zero-order chi connectivity index (χ0) is 20.1. The maximum Gasteiger partial charge on any atom is 0.251 e. The molecule has 0 spiro atoms. The fourth-order valence-electron chi connectivity index (χ4n) is 2.94. The Kier molecular flexibility index (Phi) is 6.33. The maximum absolute atomic E-state index is 12.4. The van der Waals surface area contributed by atoms with Crippen molar-refractivity contribution >= 4 is 21.6 Å². The molecule has 1 aliphatic rings. The number of morpholine rings is 1. The van der Waals surface area contributed by atoms with Crippen molar-refractivity contribution in [2.75, 3.05) is 45.3 Å². The minimum Gasteiger partial charge on any atom is -0.378 e. The van der Waals surface area contributed by atoms with E-state index in [0.29, 0.717) is 12.1 Å². The summed E-state index contributed by atoms with van der Waals surface area (Å²) >= 11 is 0. The van der Waals surface area contributed by atoms with Crippen LogP contribution >= 0.6 is 0 Å². The van der Waals surface area contributed by atoms with Crippen molar-refractivity contribution in [3.8, 4) is 0 Å². The highest BCUT2D eigenvalue weighted by Crippen LogP contribution is 2.17. The number of rotatable bonds is 6. The van der Waals surface area contributed by atoms with E-state index in [1.165, 1.54) is 26.2 Å². The number of hydrogen-bond donors (Lipinski definition) is 1. The summed E-state index contributed by atoms with van der Waals surface area (Å²) in [6.07, 6.45) is 0. The fraction of sp³-hybridized carbons (Fsp3) is 0.350. The van der Waals surface area contributed by atoms with Crippen LogP contribution in [0, 0.1) is 0 Å². The Morgan fingerprint density at radius 1 is 1.11 bits per heavy atom. The highest BCUT2D eigenvalue weighted by molar-refractivity contribution is 7.89. The third-order valence-corrected chi connectivity index (χ3v) is 6.45. The third-order valence-electron chi connectivity index (χ3n) is 4.64. The normalized spacial score (nSPS) is 14.9. The van der Waals surface area contributed by atoms with Gasteiger partial charge in [-0.3, -0.25) is 4.79 Å². The second-order valence-corrected chi connectivity index (χ2v) is 8.92. The number of nitrogens with zero attached hydrogens (tertiary/aromatic N) is 2. The average Bonchev–Trinajstić information content (AvgIpc) is 2.73. The Balaban J connectivity index is 1.62. The van der Waals surface area contributed by atoms with Crippen molar-refractivity contribution in [2.24, 2.45) is 0 Å². The number of sulfonamides is 1. The topological polar surface area (TPSA) is 79.0 Å². The molecule has 150 valence electrons. The molecule has 3 rings (SSSR count). The zero-order valence-corrected chi connectivity index (χ0v) is 16.9. The monoisotopic (exact) mass is 403 g/mol. The molecule has 8 heteroatoms. The summed E-state index contributed by atoms with van der Waals surface area (Å²) in [4.78, 5) is 14.8. The van der Waals surface area contributed by atoms with Crippen LogP contribution in [0.1, 0.15) is 15.9 Å². The molecule has 0 radical (unpaired) electrons. The molecule has 1 N–H and O–H groups in total. The highest BCUT2D eigenvalue weighted by atomic mass is 32.2. The van der Waals surface area contributed by atoms with Gasteiger partial charge in [0.1, 0.15) is 0 Å². The van der Waals surface area contributed by atoms with E-state index < -0.39 is 10.0 Å². The molecule has 1 saturated heterocycles. The van der Waals surface area contributed by atoms with Crippen LogP contribution in [-0.4, -0.2) is 59.0 Å². The molecule has 0 saturated carbocycles. The lowest BCUT2D eigenvalue weighted by Gasteiger charge is -2.28. The van der Waals surface area contributed by atoms with Crippen LogP contribution in [0.25, 0.3) is 0 Å². The van der Waals surface area contributed by atoms with Gasteiger partial charge < -0.3 is 15.0 Å². The van der Waals surface area contributed by atoms with Gasteiger partial charge in [-0.1, -0.05) is 18.2 Å². The summed E-state index contributed by atoms with van der Waals surface area (Å²) < 4.78 is 31.0. The molecule has 1 aliphatic heterocycles. The molecule has 0 bridgehead atoms. The van der Waals surface area contributed by atoms with Crippen molar-refractivity contribution in [1.82, 2.24) is 9.62 Å². The summed E-state index contributed by atoms with van der Waals surface area (Å²) in [5.74, 6) is -0.312. The molecule has 0 aromatic heterocycles. The first-order valence-electron chi connectivity index (χ1n) is 9.10. The molecule has 28 heavy (non-hydrogen) atoms. The van der Waals surface area contributed by atoms with Gasteiger partial charge in [0.25, 0.3) is 5.91 Å². The van der Waals surface area contributed by atoms with Crippen LogP contribution in [0.15, 0.2) is 53.4 Å². The van der Waals surface area contributed by atoms with Crippen LogP contribution in [-0.2, 0) is 21.3 Å². The summed E-state index contributed by atoms with van der Waals surface area (Å²) in [5, 5.41) is 2.84. The van der Waals surface area contributed by atoms with Gasteiger partial charge in [0.15, 0.2) is 0 Å². The van der Waals surface area contributed by atoms with Gasteiger partial charge in [-0.15, -0.1) is 0 Å². The van der Waals surface area contributed by atoms with Gasteiger partial charge >= 0.3 is 0 Å². The lowest BCUT2D eigenvalue weighted by atomic mass is 10.1. The third kappa shape index (κ3) is 4.70. The lowest BCUT2D eigenvalue weighted by molar-refractivity contribution is 0.0950. The Bertz CT molecular complexity index is 921. The van der Waals surface area contributed by atoms with Gasteiger partial charge in [0.05, 0.1) is 18.1 Å². The second-order valence-electron chi connectivity index (χ2n) is 6.76. The van der Waals surface area contributed by atoms with E-state index in [2.05, 4.69) is 10.2 Å². The Morgan fingerprint density at radius 3 is 2.43 bits per heavy atom. The minimum atomic E-state index is -3.58. The highest BCUT2D eigenvalue weighted by Gasteiger charge is 2.18. The quantitative estimate of drug-likeness (QED) is 0.794. The second kappa shape index (κ2) is 8.72. The van der Waals surface area contributed by atoms with Crippen LogP contribution in [0.4, 0.5) is 5.69 Å². The van der Waals surface area contributed by atoms with Crippen LogP contribution in [0.2, 0.25) is 0 Å². The maximum atomic E-state index is 12.4. The molecule has 2 aromatic rings. The number of anilines is 1. The molecule has 7 nitrogen and oxygen atoms in total. The molecule has 0 unspecified atom stereocenters. The van der Waals surface area contributed by atoms with E-state index in [4.69, 9.17) is 4.74 Å². The lowest BCUT2D eigenvalue weighted by Crippen LogP contribution is -2.36. The standard InChI is InChI=1S/C20H25N3O4S/c1-22(2)28(25,26)19-5-3-4-17(14-19)20(24)21-15-16-6-8-18(9-7-16)23-10-12-27-13-11-23/h3-9,14H,10-13,15H2,1-2H3,(H,21,24). The number of carbonyl (C=O) groups excluding carboxylic acids is 1. The van der Waals surface area contributed by atoms with Gasteiger partial charge in [0, 0.05) is 45.0 Å². The van der Waals surface area contributed by atoms with Crippen molar-refractivity contribution in [2.45, 2.75) is 11.4 Å². The van der Waals surface area contributed by atoms with E-state index in [1.807, 2.05) is 24.3 Å². The van der Waals surface area contributed by atoms with Crippen LogP contribution in [0.3, 0.4) is 0 Å². The van der Waals surface area contributed by atoms with Crippen molar-refractivity contribution in [1.29, 1.82) is 0 Å². The van der Waals surface area contributed by atoms with Crippen LogP contribution < -0.4 is 10.2 Å². The zero-order valence-electron chi connectivity index (χ0n) is 16.1. The molecular formula is C20H25N3O4S. The summed E-state index contributed by atoms with van der Waals surface area (Å²) in [6.45, 7) is 3.60. The number of ether oxygens (including phenoxy) is 1. The predicted molar refractivity (Wildman–Crippen MR) is 108 cm³/mol. The van der Waals surface area contributed by atoms with E-state index in [0.717, 1.165) is 41.9 Å². The van der Waals surface area contributed by atoms with E-state index in [9.17, 15) is 13.2 Å². The molecule has 1 amide bonds. The first kappa shape index (κ1) is 20.3. The van der Waals surface area contributed by atoms with Crippen LogP contribution in [0.5, 0.6) is 0 Å². The van der Waals surface area contributed by atoms with Gasteiger partial charge in [0.2, 0.25) is 10.0 Å². The van der Waals surface area contributed by atoms with Crippen molar-refractivity contribution in [3.05, 3.63) is 59.7 Å². The van der Waals surface area contributed by atoms with Crippen molar-refractivity contribution < 1.29 is 17.9 Å². The summed E-state index contributed by atoms with van der Waals surface area (Å²) in [5.41, 5.74) is 2.43. The Labute approximate surface area is 166 Å². The average molecular weight is 404 g/mol. The fourth-order valence-corrected chi connectivity index (χ4v) is 3.89. The van der Waals surface area contributed by atoms with E-state index >= 15 is 0 Å². The Morgan fingerprint density at radius 2 is 1.79 bits per heavy atom. The number of carbonyl (C=O) groups is 1. The number of amides is 1. The molecule has 0 aliphatic carbocycles. The molecule has 2 aromatic carbocycles. The SMILES string of the molecule is CN(C)S(=O)(=O)c1cccc(C(=O)NCc2ccc(N3CCOCC3)cc2)c1. The van der Waals surface area contributed by atoms with Gasteiger partial charge in [-0.05, 0) is 35.9 Å². The minimum absolute atomic E-state index is 0.0972.